The molecule has 0 saturated heterocycles. The molecule has 3 nitrogen and oxygen atoms in total. The van der Waals surface area contributed by atoms with Crippen molar-refractivity contribution in [1.82, 2.24) is 0 Å². The van der Waals surface area contributed by atoms with Crippen LogP contribution < -0.4 is 4.90 Å². The largest absolute Gasteiger partial charge is 0.456 e. The zero-order valence-electron chi connectivity index (χ0n) is 27.4. The van der Waals surface area contributed by atoms with E-state index in [9.17, 15) is 0 Å². The minimum Gasteiger partial charge on any atom is -0.456 e. The molecule has 0 aliphatic carbocycles. The van der Waals surface area contributed by atoms with E-state index < -0.39 is 0 Å². The monoisotopic (exact) mass is 628 g/mol. The molecule has 0 N–H and O–H groups in total. The normalized spacial score (nSPS) is 12.0. The van der Waals surface area contributed by atoms with Gasteiger partial charge in [-0.3, -0.25) is 0 Å². The topological polar surface area (TPSA) is 29.5 Å². The van der Waals surface area contributed by atoms with Gasteiger partial charge in [-0.2, -0.15) is 0 Å². The Bertz CT molecular complexity index is 2890. The van der Waals surface area contributed by atoms with Crippen LogP contribution in [-0.2, 0) is 0 Å². The Morgan fingerprint density at radius 3 is 1.96 bits per heavy atom. The van der Waals surface area contributed by atoms with E-state index in [1.807, 2.05) is 60.7 Å². The third-order valence-electron chi connectivity index (χ3n) is 9.60. The molecule has 0 bridgehead atoms. The Morgan fingerprint density at radius 2 is 1.08 bits per heavy atom. The van der Waals surface area contributed by atoms with Crippen LogP contribution in [0.3, 0.4) is 0 Å². The molecule has 0 spiro atoms. The summed E-state index contributed by atoms with van der Waals surface area (Å²) in [5, 5.41) is 6.66. The van der Waals surface area contributed by atoms with E-state index in [1.165, 1.54) is 16.3 Å². The number of anilines is 3. The van der Waals surface area contributed by atoms with Crippen molar-refractivity contribution >= 4 is 71.7 Å². The molecular weight excluding hydrogens is 599 g/mol. The molecule has 0 unspecified atom stereocenters. The number of hydrogen-bond donors (Lipinski definition) is 0. The van der Waals surface area contributed by atoms with Crippen LogP contribution in [0.15, 0.2) is 185 Å². The summed E-state index contributed by atoms with van der Waals surface area (Å²) in [6.45, 7) is 0. The van der Waals surface area contributed by atoms with E-state index in [0.29, 0.717) is 6.04 Å². The molecule has 49 heavy (non-hydrogen) atoms. The molecule has 8 aromatic carbocycles. The van der Waals surface area contributed by atoms with Gasteiger partial charge in [0.15, 0.2) is 5.58 Å². The summed E-state index contributed by atoms with van der Waals surface area (Å²) in [4.78, 5) is 2.22. The van der Waals surface area contributed by atoms with Crippen molar-refractivity contribution in [3.05, 3.63) is 176 Å². The van der Waals surface area contributed by atoms with E-state index in [-0.39, 0.29) is 0 Å². The summed E-state index contributed by atoms with van der Waals surface area (Å²) in [6, 6.07) is 58.9. The van der Waals surface area contributed by atoms with Crippen molar-refractivity contribution in [3.63, 3.8) is 0 Å². The van der Waals surface area contributed by atoms with Crippen LogP contribution >= 0.6 is 0 Å². The second kappa shape index (κ2) is 11.0. The SMILES string of the molecule is [2H]c1cc(-c2cccc3oc4ccccc4c23)cc(N(c2ccc(-c3cccc4ccccc34)cc2)c2cccc3c2oc2ccccc23)c1. The summed E-state index contributed by atoms with van der Waals surface area (Å²) in [5.41, 5.74) is 10.3. The van der Waals surface area contributed by atoms with Gasteiger partial charge in [-0.1, -0.05) is 127 Å². The fourth-order valence-corrected chi connectivity index (χ4v) is 7.36. The number of furan rings is 2. The molecule has 0 saturated carbocycles. The summed E-state index contributed by atoms with van der Waals surface area (Å²) < 4.78 is 21.9. The maximum absolute atomic E-state index is 9.08. The molecule has 0 aliphatic rings. The average molecular weight is 629 g/mol. The molecule has 0 radical (unpaired) electrons. The zero-order valence-corrected chi connectivity index (χ0v) is 26.4. The van der Waals surface area contributed by atoms with E-state index >= 15 is 0 Å². The predicted octanol–water partition coefficient (Wildman–Crippen LogP) is 13.4. The van der Waals surface area contributed by atoms with Gasteiger partial charge >= 0.3 is 0 Å². The summed E-state index contributed by atoms with van der Waals surface area (Å²) in [6.07, 6.45) is 0. The van der Waals surface area contributed by atoms with Crippen LogP contribution in [0.4, 0.5) is 17.1 Å². The molecule has 230 valence electrons. The first kappa shape index (κ1) is 26.5. The van der Waals surface area contributed by atoms with Crippen molar-refractivity contribution < 1.29 is 10.2 Å². The highest BCUT2D eigenvalue weighted by Gasteiger charge is 2.21. The van der Waals surface area contributed by atoms with Gasteiger partial charge in [0, 0.05) is 32.9 Å². The van der Waals surface area contributed by atoms with Crippen LogP contribution in [0, 0.1) is 0 Å². The minimum atomic E-state index is 0.413. The van der Waals surface area contributed by atoms with Gasteiger partial charge in [0.2, 0.25) is 0 Å². The summed E-state index contributed by atoms with van der Waals surface area (Å²) >= 11 is 0. The van der Waals surface area contributed by atoms with Gasteiger partial charge in [0.25, 0.3) is 0 Å². The predicted molar refractivity (Wildman–Crippen MR) is 204 cm³/mol. The smallest absolute Gasteiger partial charge is 0.159 e. The molecule has 10 aromatic rings. The Kier molecular flexibility index (Phi) is 5.95. The first-order chi connectivity index (χ1) is 24.7. The van der Waals surface area contributed by atoms with Crippen molar-refractivity contribution in [2.24, 2.45) is 0 Å². The number of fused-ring (bicyclic) bond motifs is 7. The van der Waals surface area contributed by atoms with Gasteiger partial charge in [-0.25, -0.2) is 0 Å². The molecule has 0 atom stereocenters. The van der Waals surface area contributed by atoms with Crippen LogP contribution in [-0.4, -0.2) is 0 Å². The number of benzene rings is 8. The first-order valence-electron chi connectivity index (χ1n) is 17.0. The lowest BCUT2D eigenvalue weighted by molar-refractivity contribution is 0.668. The van der Waals surface area contributed by atoms with Crippen LogP contribution in [0.25, 0.3) is 76.9 Å². The fraction of sp³-hybridized carbons (Fsp3) is 0. The first-order valence-corrected chi connectivity index (χ1v) is 16.5. The van der Waals surface area contributed by atoms with Crippen molar-refractivity contribution in [2.75, 3.05) is 4.90 Å². The van der Waals surface area contributed by atoms with Crippen molar-refractivity contribution in [3.8, 4) is 22.3 Å². The Balaban J connectivity index is 1.19. The van der Waals surface area contributed by atoms with Gasteiger partial charge in [0.05, 0.1) is 7.06 Å². The molecule has 0 fully saturated rings. The van der Waals surface area contributed by atoms with E-state index in [1.54, 1.807) is 0 Å². The Morgan fingerprint density at radius 1 is 0.429 bits per heavy atom. The van der Waals surface area contributed by atoms with Gasteiger partial charge in [-0.05, 0) is 81.6 Å². The van der Waals surface area contributed by atoms with E-state index in [4.69, 9.17) is 10.2 Å². The number of rotatable bonds is 5. The highest BCUT2D eigenvalue weighted by atomic mass is 16.3. The second-order valence-corrected chi connectivity index (χ2v) is 12.4. The molecule has 3 heteroatoms. The van der Waals surface area contributed by atoms with Crippen LogP contribution in [0.1, 0.15) is 1.37 Å². The van der Waals surface area contributed by atoms with Crippen molar-refractivity contribution in [2.45, 2.75) is 0 Å². The van der Waals surface area contributed by atoms with E-state index in [0.717, 1.165) is 77.6 Å². The highest BCUT2D eigenvalue weighted by molar-refractivity contribution is 6.13. The zero-order chi connectivity index (χ0) is 33.2. The average Bonchev–Trinajstić information content (AvgIpc) is 3.74. The van der Waals surface area contributed by atoms with E-state index in [2.05, 4.69) is 114 Å². The standard InChI is InChI=1S/C46H29NO2/c1-2-15-35-30(11-1)12-8-18-36(35)31-25-27-33(28-26-31)47(41-21-9-20-39-38-16-3-5-22-42(38)49-46(39)41)34-14-7-13-32(29-34)37-19-10-24-44-45(37)40-17-4-6-23-43(40)48-44/h1-29H/i7D. The number of hydrogen-bond acceptors (Lipinski definition) is 3. The second-order valence-electron chi connectivity index (χ2n) is 12.4. The highest BCUT2D eigenvalue weighted by Crippen LogP contribution is 2.44. The summed E-state index contributed by atoms with van der Waals surface area (Å²) in [7, 11) is 0. The van der Waals surface area contributed by atoms with Gasteiger partial charge in [0.1, 0.15) is 16.7 Å². The third-order valence-corrected chi connectivity index (χ3v) is 9.60. The lowest BCUT2D eigenvalue weighted by Crippen LogP contribution is -2.10. The van der Waals surface area contributed by atoms with Crippen LogP contribution in [0.2, 0.25) is 0 Å². The number of nitrogens with zero attached hydrogens (tertiary/aromatic N) is 1. The number of para-hydroxylation sites is 3. The summed E-state index contributed by atoms with van der Waals surface area (Å²) in [5.74, 6) is 0. The van der Waals surface area contributed by atoms with Gasteiger partial charge < -0.3 is 13.7 Å². The Hall–Kier alpha value is -6.58. The molecule has 2 aromatic heterocycles. The fourth-order valence-electron chi connectivity index (χ4n) is 7.36. The molecule has 0 amide bonds. The maximum atomic E-state index is 9.08. The molecular formula is C46H29NO2. The third kappa shape index (κ3) is 4.44. The molecule has 10 rings (SSSR count). The minimum absolute atomic E-state index is 0.413. The van der Waals surface area contributed by atoms with Gasteiger partial charge in [-0.15, -0.1) is 0 Å². The quantitative estimate of drug-likeness (QED) is 0.190. The maximum Gasteiger partial charge on any atom is 0.159 e. The molecule has 2 heterocycles. The Labute approximate surface area is 284 Å². The van der Waals surface area contributed by atoms with Crippen molar-refractivity contribution in [1.29, 1.82) is 0 Å². The molecule has 0 aliphatic heterocycles. The lowest BCUT2D eigenvalue weighted by atomic mass is 9.97. The van der Waals surface area contributed by atoms with Crippen LogP contribution in [0.5, 0.6) is 0 Å². The lowest BCUT2D eigenvalue weighted by Gasteiger charge is -2.26.